The number of carbonyl (C=O) groups is 1. The molecule has 0 fully saturated rings. The SMILES string of the molecule is Cc1ccccc1S(=O)(=O)NC(=O)Nc1nc(C)c(SC(F)(F)F)s1. The van der Waals surface area contributed by atoms with Crippen LogP contribution in [0.2, 0.25) is 0 Å². The average Bonchev–Trinajstić information content (AvgIpc) is 2.75. The van der Waals surface area contributed by atoms with E-state index in [1.807, 2.05) is 0 Å². The van der Waals surface area contributed by atoms with Crippen molar-refractivity contribution in [2.45, 2.75) is 28.5 Å². The third kappa shape index (κ3) is 5.34. The molecule has 25 heavy (non-hydrogen) atoms. The van der Waals surface area contributed by atoms with Crippen LogP contribution >= 0.6 is 23.1 Å². The monoisotopic (exact) mass is 411 g/mol. The quantitative estimate of drug-likeness (QED) is 0.746. The van der Waals surface area contributed by atoms with Gasteiger partial charge in [-0.3, -0.25) is 5.32 Å². The van der Waals surface area contributed by atoms with Gasteiger partial charge >= 0.3 is 11.5 Å². The minimum atomic E-state index is -4.48. The molecule has 1 heterocycles. The highest BCUT2D eigenvalue weighted by Gasteiger charge is 2.32. The number of aromatic nitrogens is 1. The number of rotatable bonds is 4. The van der Waals surface area contributed by atoms with Crippen molar-refractivity contribution in [2.75, 3.05) is 5.32 Å². The number of hydrogen-bond acceptors (Lipinski definition) is 6. The summed E-state index contributed by atoms with van der Waals surface area (Å²) in [7, 11) is -4.11. The summed E-state index contributed by atoms with van der Waals surface area (Å²) in [5.41, 5.74) is -3.95. The summed E-state index contributed by atoms with van der Waals surface area (Å²) < 4.78 is 63.2. The number of hydrogen-bond donors (Lipinski definition) is 2. The molecule has 0 aliphatic rings. The van der Waals surface area contributed by atoms with Crippen LogP contribution in [0.25, 0.3) is 0 Å². The van der Waals surface area contributed by atoms with Crippen LogP contribution in [-0.2, 0) is 10.0 Å². The fourth-order valence-electron chi connectivity index (χ4n) is 1.79. The third-order valence-electron chi connectivity index (χ3n) is 2.79. The molecule has 2 N–H and O–H groups in total. The lowest BCUT2D eigenvalue weighted by Gasteiger charge is -2.09. The zero-order valence-corrected chi connectivity index (χ0v) is 15.3. The zero-order chi connectivity index (χ0) is 18.8. The smallest absolute Gasteiger partial charge is 0.283 e. The first kappa shape index (κ1) is 19.5. The van der Waals surface area contributed by atoms with Crippen LogP contribution in [0.1, 0.15) is 11.3 Å². The van der Waals surface area contributed by atoms with E-state index in [-0.39, 0.29) is 31.7 Å². The molecule has 0 bridgehead atoms. The molecule has 0 aliphatic heterocycles. The Morgan fingerprint density at radius 2 is 1.88 bits per heavy atom. The summed E-state index contributed by atoms with van der Waals surface area (Å²) in [6.45, 7) is 2.93. The van der Waals surface area contributed by atoms with Gasteiger partial charge in [-0.1, -0.05) is 29.5 Å². The van der Waals surface area contributed by atoms with Gasteiger partial charge in [0.1, 0.15) is 0 Å². The summed E-state index contributed by atoms with van der Waals surface area (Å²) in [6, 6.07) is 4.94. The van der Waals surface area contributed by atoms with Crippen LogP contribution in [0.5, 0.6) is 0 Å². The summed E-state index contributed by atoms with van der Waals surface area (Å²) in [5, 5.41) is 1.99. The van der Waals surface area contributed by atoms with Crippen LogP contribution in [0.15, 0.2) is 33.4 Å². The van der Waals surface area contributed by atoms with Gasteiger partial charge in [-0.15, -0.1) is 0 Å². The number of amides is 2. The van der Waals surface area contributed by atoms with Crippen molar-refractivity contribution in [1.82, 2.24) is 9.71 Å². The van der Waals surface area contributed by atoms with E-state index in [2.05, 4.69) is 10.3 Å². The molecule has 0 saturated carbocycles. The van der Waals surface area contributed by atoms with Crippen molar-refractivity contribution >= 4 is 44.3 Å². The predicted molar refractivity (Wildman–Crippen MR) is 89.3 cm³/mol. The fourth-order valence-corrected chi connectivity index (χ4v) is 4.73. The van der Waals surface area contributed by atoms with Crippen molar-refractivity contribution in [3.05, 3.63) is 35.5 Å². The van der Waals surface area contributed by atoms with Crippen LogP contribution < -0.4 is 10.0 Å². The number of anilines is 1. The van der Waals surface area contributed by atoms with Gasteiger partial charge in [0.05, 0.1) is 14.8 Å². The number of nitrogens with one attached hydrogen (secondary N) is 2. The molecule has 0 aliphatic carbocycles. The van der Waals surface area contributed by atoms with E-state index in [0.717, 1.165) is 0 Å². The second kappa shape index (κ2) is 7.22. The van der Waals surface area contributed by atoms with Crippen LogP contribution in [-0.4, -0.2) is 24.9 Å². The van der Waals surface area contributed by atoms with Crippen LogP contribution in [0.4, 0.5) is 23.1 Å². The first-order valence-electron chi connectivity index (χ1n) is 6.60. The molecule has 1 aromatic heterocycles. The minimum absolute atomic E-state index is 0.0752. The number of urea groups is 1. The van der Waals surface area contributed by atoms with Gasteiger partial charge in [0, 0.05) is 0 Å². The molecule has 0 radical (unpaired) electrons. The summed E-state index contributed by atoms with van der Waals surface area (Å²) in [6.07, 6.45) is 0. The molecule has 12 heteroatoms. The fraction of sp³-hybridized carbons (Fsp3) is 0.231. The number of thiazole rings is 1. The number of carbonyl (C=O) groups excluding carboxylic acids is 1. The molecule has 0 atom stereocenters. The first-order chi connectivity index (χ1) is 11.5. The Morgan fingerprint density at radius 1 is 1.24 bits per heavy atom. The highest BCUT2D eigenvalue weighted by Crippen LogP contribution is 2.42. The van der Waals surface area contributed by atoms with E-state index in [9.17, 15) is 26.4 Å². The van der Waals surface area contributed by atoms with Gasteiger partial charge in [0.15, 0.2) is 5.13 Å². The van der Waals surface area contributed by atoms with E-state index in [4.69, 9.17) is 0 Å². The number of alkyl halides is 3. The lowest BCUT2D eigenvalue weighted by Crippen LogP contribution is -2.34. The van der Waals surface area contributed by atoms with Gasteiger partial charge in [-0.2, -0.15) is 13.2 Å². The number of sulfonamides is 1. The Balaban J connectivity index is 2.11. The number of aryl methyl sites for hydroxylation is 2. The molecule has 0 unspecified atom stereocenters. The largest absolute Gasteiger partial charge is 0.447 e. The van der Waals surface area contributed by atoms with Crippen molar-refractivity contribution in [2.24, 2.45) is 0 Å². The van der Waals surface area contributed by atoms with E-state index in [1.54, 1.807) is 23.8 Å². The highest BCUT2D eigenvalue weighted by atomic mass is 32.2. The third-order valence-corrected chi connectivity index (χ3v) is 6.36. The van der Waals surface area contributed by atoms with Gasteiger partial charge < -0.3 is 0 Å². The van der Waals surface area contributed by atoms with Gasteiger partial charge in [-0.25, -0.2) is 22.9 Å². The number of benzene rings is 1. The molecule has 0 spiro atoms. The molecular weight excluding hydrogens is 399 g/mol. The lowest BCUT2D eigenvalue weighted by atomic mass is 10.2. The second-order valence-corrected chi connectivity index (χ2v) is 8.75. The maximum atomic E-state index is 12.4. The average molecular weight is 411 g/mol. The zero-order valence-electron chi connectivity index (χ0n) is 12.8. The van der Waals surface area contributed by atoms with Gasteiger partial charge in [0.25, 0.3) is 10.0 Å². The predicted octanol–water partition coefficient (Wildman–Crippen LogP) is 3.88. The molecule has 1 aromatic carbocycles. The molecule has 0 saturated heterocycles. The minimum Gasteiger partial charge on any atom is -0.283 e. The highest BCUT2D eigenvalue weighted by molar-refractivity contribution is 8.02. The van der Waals surface area contributed by atoms with E-state index >= 15 is 0 Å². The molecule has 2 amide bonds. The molecule has 2 rings (SSSR count). The number of halogens is 3. The standard InChI is InChI=1S/C13H12F3N3O3S3/c1-7-5-3-4-6-9(7)25(21,22)19-11(20)18-12-17-8(2)10(23-12)24-13(14,15)16/h3-6H,1-2H3,(H2,17,18,19,20). The van der Waals surface area contributed by atoms with Gasteiger partial charge in [-0.05, 0) is 37.2 Å². The summed E-state index contributed by atoms with van der Waals surface area (Å²) >= 11 is 0.258. The van der Waals surface area contributed by atoms with Crippen molar-refractivity contribution in [3.8, 4) is 0 Å². The maximum Gasteiger partial charge on any atom is 0.447 e. The number of thioether (sulfide) groups is 1. The van der Waals surface area contributed by atoms with E-state index in [0.29, 0.717) is 16.9 Å². The molecule has 6 nitrogen and oxygen atoms in total. The van der Waals surface area contributed by atoms with Crippen molar-refractivity contribution in [3.63, 3.8) is 0 Å². The van der Waals surface area contributed by atoms with Crippen molar-refractivity contribution < 1.29 is 26.4 Å². The second-order valence-electron chi connectivity index (χ2n) is 4.76. The number of nitrogens with zero attached hydrogens (tertiary/aromatic N) is 1. The van der Waals surface area contributed by atoms with Crippen molar-refractivity contribution in [1.29, 1.82) is 0 Å². The summed E-state index contributed by atoms with van der Waals surface area (Å²) in [4.78, 5) is 15.6. The van der Waals surface area contributed by atoms with Crippen LogP contribution in [0.3, 0.4) is 0 Å². The summed E-state index contributed by atoms with van der Waals surface area (Å²) in [5.74, 6) is 0. The Hall–Kier alpha value is -1.79. The molecular formula is C13H12F3N3O3S3. The normalized spacial score (nSPS) is 12.0. The first-order valence-corrected chi connectivity index (χ1v) is 9.72. The topological polar surface area (TPSA) is 88.2 Å². The maximum absolute atomic E-state index is 12.4. The van der Waals surface area contributed by atoms with E-state index in [1.165, 1.54) is 19.1 Å². The Kier molecular flexibility index (Phi) is 5.64. The Labute approximate surface area is 149 Å². The Morgan fingerprint density at radius 3 is 2.48 bits per heavy atom. The van der Waals surface area contributed by atoms with Crippen LogP contribution in [0, 0.1) is 13.8 Å². The molecule has 136 valence electrons. The molecule has 2 aromatic rings. The lowest BCUT2D eigenvalue weighted by molar-refractivity contribution is -0.0327. The van der Waals surface area contributed by atoms with Gasteiger partial charge in [0.2, 0.25) is 0 Å². The Bertz CT molecular complexity index is 895. The van der Waals surface area contributed by atoms with E-state index < -0.39 is 21.6 Å².